The highest BCUT2D eigenvalue weighted by molar-refractivity contribution is 6.31. The number of hydrogen-bond donors (Lipinski definition) is 1. The molecule has 0 saturated carbocycles. The topological polar surface area (TPSA) is 102 Å². The smallest absolute Gasteiger partial charge is 0.277 e. The van der Waals surface area contributed by atoms with E-state index < -0.39 is 17.0 Å². The maximum atomic E-state index is 13.4. The summed E-state index contributed by atoms with van der Waals surface area (Å²) in [5.41, 5.74) is 2.21. The van der Waals surface area contributed by atoms with Gasteiger partial charge in [-0.3, -0.25) is 19.3 Å². The fraction of sp³-hybridized carbons (Fsp3) is 0.346. The van der Waals surface area contributed by atoms with E-state index in [1.165, 1.54) is 12.1 Å². The number of dihydropyridines is 1. The molecule has 1 N–H and O–H groups in total. The minimum absolute atomic E-state index is 0.0370. The highest BCUT2D eigenvalue weighted by Crippen LogP contribution is 2.29. The molecule has 0 radical (unpaired) electrons. The zero-order valence-electron chi connectivity index (χ0n) is 20.7. The van der Waals surface area contributed by atoms with Gasteiger partial charge in [-0.05, 0) is 51.5 Å². The predicted octanol–water partition coefficient (Wildman–Crippen LogP) is 4.23. The van der Waals surface area contributed by atoms with Crippen molar-refractivity contribution < 1.29 is 14.2 Å². The van der Waals surface area contributed by atoms with Crippen LogP contribution in [0, 0.1) is 25.6 Å². The Morgan fingerprint density at radius 1 is 1.25 bits per heavy atom. The molecule has 0 fully saturated rings. The number of allylic oxidation sites excluding steroid dienone is 1. The summed E-state index contributed by atoms with van der Waals surface area (Å²) in [5, 5.41) is 10.3. The second-order valence-corrected chi connectivity index (χ2v) is 9.72. The van der Waals surface area contributed by atoms with Crippen LogP contribution in [0.15, 0.2) is 46.5 Å². The molecule has 188 valence electrons. The van der Waals surface area contributed by atoms with Gasteiger partial charge in [0.15, 0.2) is 5.82 Å². The van der Waals surface area contributed by atoms with Crippen molar-refractivity contribution in [2.75, 3.05) is 6.54 Å². The minimum atomic E-state index is -1.21. The van der Waals surface area contributed by atoms with Crippen LogP contribution in [-0.4, -0.2) is 36.9 Å². The number of pyridine rings is 2. The number of nitrogens with zero attached hydrogens (tertiary/aromatic N) is 5. The van der Waals surface area contributed by atoms with Crippen LogP contribution in [0.25, 0.3) is 5.70 Å². The molecule has 0 bridgehead atoms. The molecule has 0 saturated heterocycles. The molecule has 0 aliphatic carbocycles. The quantitative estimate of drug-likeness (QED) is 0.531. The van der Waals surface area contributed by atoms with Crippen molar-refractivity contribution in [2.24, 2.45) is 10.9 Å². The van der Waals surface area contributed by atoms with Gasteiger partial charge in [0.05, 0.1) is 23.3 Å². The molecule has 1 aliphatic rings. The molecule has 4 rings (SSSR count). The van der Waals surface area contributed by atoms with Crippen LogP contribution in [0.5, 0.6) is 5.75 Å². The summed E-state index contributed by atoms with van der Waals surface area (Å²) in [6, 6.07) is 4.48. The minimum Gasteiger partial charge on any atom is -0.485 e. The van der Waals surface area contributed by atoms with Crippen LogP contribution in [-0.2, 0) is 12.2 Å². The van der Waals surface area contributed by atoms with Crippen LogP contribution in [0.2, 0.25) is 5.02 Å². The number of aliphatic imine (C=N–C) groups is 1. The SMILES string of the molecule is Cc1cnc(C(C)(C)O)nc1C1=NC[C@@H](C)C(n2c(C)cc(OCc3ccc(F)cn3)c(Cl)c2=O)=C1. The van der Waals surface area contributed by atoms with E-state index >= 15 is 0 Å². The number of hydrogen-bond acceptors (Lipinski definition) is 7. The van der Waals surface area contributed by atoms with Gasteiger partial charge in [-0.25, -0.2) is 14.4 Å². The largest absolute Gasteiger partial charge is 0.485 e. The van der Waals surface area contributed by atoms with Gasteiger partial charge >= 0.3 is 0 Å². The van der Waals surface area contributed by atoms with E-state index in [9.17, 15) is 14.3 Å². The Hall–Kier alpha value is -3.43. The second kappa shape index (κ2) is 9.91. The highest BCUT2D eigenvalue weighted by Gasteiger charge is 2.26. The van der Waals surface area contributed by atoms with E-state index in [1.54, 1.807) is 37.6 Å². The van der Waals surface area contributed by atoms with Crippen molar-refractivity contribution in [3.8, 4) is 5.75 Å². The summed E-state index contributed by atoms with van der Waals surface area (Å²) < 4.78 is 20.4. The molecule has 1 atom stereocenters. The monoisotopic (exact) mass is 511 g/mol. The molecule has 4 heterocycles. The summed E-state index contributed by atoms with van der Waals surface area (Å²) in [6.07, 6.45) is 4.58. The summed E-state index contributed by atoms with van der Waals surface area (Å²) >= 11 is 6.43. The van der Waals surface area contributed by atoms with Gasteiger partial charge in [0.25, 0.3) is 5.56 Å². The van der Waals surface area contributed by atoms with Crippen LogP contribution >= 0.6 is 11.6 Å². The average molecular weight is 512 g/mol. The van der Waals surface area contributed by atoms with Crippen LogP contribution in [0.1, 0.15) is 49.2 Å². The molecule has 36 heavy (non-hydrogen) atoms. The van der Waals surface area contributed by atoms with Gasteiger partial charge in [-0.2, -0.15) is 0 Å². The first kappa shape index (κ1) is 25.7. The van der Waals surface area contributed by atoms with Crippen molar-refractivity contribution in [3.63, 3.8) is 0 Å². The van der Waals surface area contributed by atoms with Crippen molar-refractivity contribution >= 4 is 23.0 Å². The van der Waals surface area contributed by atoms with Gasteiger partial charge in [-0.15, -0.1) is 0 Å². The summed E-state index contributed by atoms with van der Waals surface area (Å²) in [4.78, 5) is 30.8. The van der Waals surface area contributed by atoms with Crippen molar-refractivity contribution in [3.05, 3.63) is 86.3 Å². The number of rotatable bonds is 6. The maximum Gasteiger partial charge on any atom is 0.277 e. The summed E-state index contributed by atoms with van der Waals surface area (Å²) in [6.45, 7) is 9.36. The lowest BCUT2D eigenvalue weighted by molar-refractivity contribution is 0.0686. The zero-order valence-corrected chi connectivity index (χ0v) is 21.5. The van der Waals surface area contributed by atoms with E-state index in [2.05, 4.69) is 19.9 Å². The lowest BCUT2D eigenvalue weighted by Gasteiger charge is -2.24. The fourth-order valence-corrected chi connectivity index (χ4v) is 4.03. The number of halogens is 2. The maximum absolute atomic E-state index is 13.4. The summed E-state index contributed by atoms with van der Waals surface area (Å²) in [7, 11) is 0. The van der Waals surface area contributed by atoms with Gasteiger partial charge in [0.1, 0.15) is 28.8 Å². The molecule has 0 aromatic carbocycles. The molecular weight excluding hydrogens is 485 g/mol. The van der Waals surface area contributed by atoms with Crippen LogP contribution in [0.4, 0.5) is 4.39 Å². The average Bonchev–Trinajstić information content (AvgIpc) is 2.82. The van der Waals surface area contributed by atoms with Crippen LogP contribution in [0.3, 0.4) is 0 Å². The molecular formula is C26H27ClFN5O3. The third-order valence-corrected chi connectivity index (χ3v) is 6.16. The molecule has 0 spiro atoms. The van der Waals surface area contributed by atoms with E-state index in [-0.39, 0.29) is 29.1 Å². The van der Waals surface area contributed by atoms with Gasteiger partial charge < -0.3 is 9.84 Å². The van der Waals surface area contributed by atoms with Crippen molar-refractivity contribution in [1.29, 1.82) is 0 Å². The van der Waals surface area contributed by atoms with E-state index in [0.717, 1.165) is 17.5 Å². The molecule has 3 aromatic rings. The van der Waals surface area contributed by atoms with E-state index in [4.69, 9.17) is 16.3 Å². The normalized spacial score (nSPS) is 15.9. The Morgan fingerprint density at radius 2 is 2.00 bits per heavy atom. The standard InChI is InChI=1S/C26H27ClFN5O3/c1-14-10-30-19(23-15(2)11-31-25(32-23)26(4,5)35)9-20(14)33-16(3)8-21(22(27)24(33)34)36-13-18-7-6-17(28)12-29-18/h6-9,11-12,14,35H,10,13H2,1-5H3/t14-/m1/s1. The van der Waals surface area contributed by atoms with Crippen molar-refractivity contribution in [1.82, 2.24) is 19.5 Å². The molecule has 0 amide bonds. The Balaban J connectivity index is 1.70. The third kappa shape index (κ3) is 5.22. The Morgan fingerprint density at radius 3 is 2.67 bits per heavy atom. The first-order chi connectivity index (χ1) is 17.0. The first-order valence-electron chi connectivity index (χ1n) is 11.4. The van der Waals surface area contributed by atoms with Gasteiger partial charge in [-0.1, -0.05) is 18.5 Å². The Kier molecular flexibility index (Phi) is 7.06. The highest BCUT2D eigenvalue weighted by atomic mass is 35.5. The lowest BCUT2D eigenvalue weighted by Crippen LogP contribution is -2.29. The third-order valence-electron chi connectivity index (χ3n) is 5.81. The number of aliphatic hydroxyl groups is 1. The first-order valence-corrected chi connectivity index (χ1v) is 11.8. The molecule has 3 aromatic heterocycles. The molecule has 1 aliphatic heterocycles. The second-order valence-electron chi connectivity index (χ2n) is 9.34. The lowest BCUT2D eigenvalue weighted by atomic mass is 9.99. The number of ether oxygens (including phenoxy) is 1. The zero-order chi connectivity index (χ0) is 26.2. The number of aryl methyl sites for hydroxylation is 2. The Bertz CT molecular complexity index is 1430. The van der Waals surface area contributed by atoms with Gasteiger partial charge in [0.2, 0.25) is 0 Å². The summed E-state index contributed by atoms with van der Waals surface area (Å²) in [5.74, 6) is 0.00244. The fourth-order valence-electron chi connectivity index (χ4n) is 3.83. The predicted molar refractivity (Wildman–Crippen MR) is 136 cm³/mol. The Labute approximate surface area is 213 Å². The van der Waals surface area contributed by atoms with E-state index in [0.29, 0.717) is 29.3 Å². The number of aromatic nitrogens is 4. The van der Waals surface area contributed by atoms with Crippen molar-refractivity contribution in [2.45, 2.75) is 46.8 Å². The van der Waals surface area contributed by atoms with Crippen LogP contribution < -0.4 is 10.3 Å². The molecule has 0 unspecified atom stereocenters. The van der Waals surface area contributed by atoms with Gasteiger partial charge in [0, 0.05) is 36.1 Å². The molecule has 10 heteroatoms. The molecule has 8 nitrogen and oxygen atoms in total. The van der Waals surface area contributed by atoms with E-state index in [1.807, 2.05) is 19.9 Å².